The monoisotopic (exact) mass is 491 g/mol. The van der Waals surface area contributed by atoms with Gasteiger partial charge in [-0.05, 0) is 34.1 Å². The number of hydrogen-bond donors (Lipinski definition) is 2. The van der Waals surface area contributed by atoms with E-state index in [0.717, 1.165) is 43.5 Å². The smallest absolute Gasteiger partial charge is 0.410 e. The highest BCUT2D eigenvalue weighted by Gasteiger charge is 2.34. The summed E-state index contributed by atoms with van der Waals surface area (Å²) in [5.41, 5.74) is -0.468. The summed E-state index contributed by atoms with van der Waals surface area (Å²) in [6.45, 7) is 11.1. The summed E-state index contributed by atoms with van der Waals surface area (Å²) >= 11 is 0. The van der Waals surface area contributed by atoms with Crippen LogP contribution in [0.3, 0.4) is 0 Å². The second-order valence-electron chi connectivity index (χ2n) is 7.71. The standard InChI is InChI=1S/C17H29N7O2.HI/c1-5-18-15(19-9-14-22-21-13-7-6-8-24(13)14)20-12-10-23(11-12)16(25)26-17(2,3)4;/h12H,5-11H2,1-4H3,(H2,18,19,20);1H. The van der Waals surface area contributed by atoms with Gasteiger partial charge in [-0.3, -0.25) is 0 Å². The van der Waals surface area contributed by atoms with Crippen molar-refractivity contribution in [3.05, 3.63) is 11.6 Å². The van der Waals surface area contributed by atoms with Crippen LogP contribution in [-0.2, 0) is 24.2 Å². The first-order valence-electron chi connectivity index (χ1n) is 9.29. The van der Waals surface area contributed by atoms with Gasteiger partial charge in [0, 0.05) is 32.6 Å². The third-order valence-electron chi connectivity index (χ3n) is 4.28. The zero-order valence-electron chi connectivity index (χ0n) is 16.5. The summed E-state index contributed by atoms with van der Waals surface area (Å²) in [6.07, 6.45) is 1.86. The van der Waals surface area contributed by atoms with E-state index in [0.29, 0.717) is 19.6 Å². The quantitative estimate of drug-likeness (QED) is 0.377. The summed E-state index contributed by atoms with van der Waals surface area (Å²) < 4.78 is 7.53. The molecular formula is C17H30IN7O2. The molecule has 10 heteroatoms. The van der Waals surface area contributed by atoms with E-state index in [1.54, 1.807) is 4.90 Å². The fourth-order valence-electron chi connectivity index (χ4n) is 3.04. The van der Waals surface area contributed by atoms with Crippen molar-refractivity contribution in [1.29, 1.82) is 0 Å². The molecule has 0 saturated carbocycles. The molecule has 1 aromatic rings. The Labute approximate surface area is 177 Å². The van der Waals surface area contributed by atoms with Crippen molar-refractivity contribution >= 4 is 36.0 Å². The van der Waals surface area contributed by atoms with Gasteiger partial charge in [-0.1, -0.05) is 0 Å². The zero-order valence-corrected chi connectivity index (χ0v) is 18.8. The molecule has 3 rings (SSSR count). The lowest BCUT2D eigenvalue weighted by molar-refractivity contribution is 0.00701. The Bertz CT molecular complexity index is 677. The number of halogens is 1. The molecule has 0 aromatic carbocycles. The molecular weight excluding hydrogens is 461 g/mol. The fourth-order valence-corrected chi connectivity index (χ4v) is 3.04. The second kappa shape index (κ2) is 9.07. The van der Waals surface area contributed by atoms with Gasteiger partial charge in [-0.2, -0.15) is 0 Å². The molecule has 0 spiro atoms. The Kier molecular flexibility index (Phi) is 7.29. The van der Waals surface area contributed by atoms with E-state index >= 15 is 0 Å². The van der Waals surface area contributed by atoms with Gasteiger partial charge in [0.25, 0.3) is 0 Å². The van der Waals surface area contributed by atoms with Crippen LogP contribution in [0.25, 0.3) is 0 Å². The maximum absolute atomic E-state index is 12.0. The number of ether oxygens (including phenoxy) is 1. The van der Waals surface area contributed by atoms with E-state index in [4.69, 9.17) is 4.74 Å². The lowest BCUT2D eigenvalue weighted by Gasteiger charge is -2.40. The molecule has 1 saturated heterocycles. The zero-order chi connectivity index (χ0) is 18.7. The highest BCUT2D eigenvalue weighted by molar-refractivity contribution is 14.0. The summed E-state index contributed by atoms with van der Waals surface area (Å²) in [4.78, 5) is 18.3. The van der Waals surface area contributed by atoms with Crippen molar-refractivity contribution < 1.29 is 9.53 Å². The van der Waals surface area contributed by atoms with Crippen molar-refractivity contribution in [1.82, 2.24) is 30.3 Å². The van der Waals surface area contributed by atoms with E-state index < -0.39 is 5.60 Å². The van der Waals surface area contributed by atoms with Crippen LogP contribution in [0.5, 0.6) is 0 Å². The summed E-state index contributed by atoms with van der Waals surface area (Å²) in [7, 11) is 0. The molecule has 152 valence electrons. The van der Waals surface area contributed by atoms with Gasteiger partial charge in [-0.15, -0.1) is 34.2 Å². The third-order valence-corrected chi connectivity index (χ3v) is 4.28. The van der Waals surface area contributed by atoms with Crippen LogP contribution in [0.15, 0.2) is 4.99 Å². The lowest BCUT2D eigenvalue weighted by Crippen LogP contribution is -2.63. The SMILES string of the molecule is CCNC(=NCc1nnc2n1CCC2)NC1CN(C(=O)OC(C)(C)C)C1.I. The fraction of sp³-hybridized carbons (Fsp3) is 0.765. The number of nitrogens with one attached hydrogen (secondary N) is 2. The maximum atomic E-state index is 12.0. The van der Waals surface area contributed by atoms with Gasteiger partial charge in [0.1, 0.15) is 18.0 Å². The minimum atomic E-state index is -0.468. The van der Waals surface area contributed by atoms with Crippen molar-refractivity contribution in [2.75, 3.05) is 19.6 Å². The minimum absolute atomic E-state index is 0. The Morgan fingerprint density at radius 3 is 2.74 bits per heavy atom. The average molecular weight is 491 g/mol. The van der Waals surface area contributed by atoms with Gasteiger partial charge in [0.2, 0.25) is 0 Å². The van der Waals surface area contributed by atoms with E-state index in [1.165, 1.54) is 0 Å². The van der Waals surface area contributed by atoms with E-state index in [-0.39, 0.29) is 36.1 Å². The van der Waals surface area contributed by atoms with E-state index in [1.807, 2.05) is 27.7 Å². The molecule has 2 N–H and O–H groups in total. The first-order chi connectivity index (χ1) is 12.4. The van der Waals surface area contributed by atoms with Gasteiger partial charge in [0.15, 0.2) is 11.8 Å². The van der Waals surface area contributed by atoms with Crippen LogP contribution in [0.1, 0.15) is 45.8 Å². The Morgan fingerprint density at radius 1 is 1.33 bits per heavy atom. The number of aliphatic imine (C=N–C) groups is 1. The molecule has 0 bridgehead atoms. The highest BCUT2D eigenvalue weighted by Crippen LogP contribution is 2.16. The molecule has 2 aliphatic heterocycles. The predicted octanol–water partition coefficient (Wildman–Crippen LogP) is 1.52. The first-order valence-corrected chi connectivity index (χ1v) is 9.29. The van der Waals surface area contributed by atoms with E-state index in [2.05, 4.69) is 30.4 Å². The molecule has 2 aliphatic rings. The lowest BCUT2D eigenvalue weighted by atomic mass is 10.1. The number of aromatic nitrogens is 3. The Morgan fingerprint density at radius 2 is 2.07 bits per heavy atom. The number of guanidine groups is 1. The number of carbonyl (C=O) groups excluding carboxylic acids is 1. The van der Waals surface area contributed by atoms with Crippen molar-refractivity contribution in [3.8, 4) is 0 Å². The van der Waals surface area contributed by atoms with Crippen LogP contribution in [-0.4, -0.2) is 63.0 Å². The van der Waals surface area contributed by atoms with Crippen molar-refractivity contribution in [2.45, 2.75) is 65.3 Å². The third kappa shape index (κ3) is 5.69. The Hall–Kier alpha value is -1.59. The average Bonchev–Trinajstić information content (AvgIpc) is 3.09. The molecule has 0 unspecified atom stereocenters. The molecule has 0 aliphatic carbocycles. The molecule has 27 heavy (non-hydrogen) atoms. The normalized spacial score (nSPS) is 17.0. The number of aryl methyl sites for hydroxylation is 1. The summed E-state index contributed by atoms with van der Waals surface area (Å²) in [5.74, 6) is 2.69. The first kappa shape index (κ1) is 21.7. The van der Waals surface area contributed by atoms with Crippen molar-refractivity contribution in [3.63, 3.8) is 0 Å². The molecule has 1 amide bonds. The van der Waals surface area contributed by atoms with Crippen LogP contribution in [0.2, 0.25) is 0 Å². The number of rotatable bonds is 4. The number of hydrogen-bond acceptors (Lipinski definition) is 5. The second-order valence-corrected chi connectivity index (χ2v) is 7.71. The number of likely N-dealkylation sites (tertiary alicyclic amines) is 1. The number of nitrogens with zero attached hydrogens (tertiary/aromatic N) is 5. The van der Waals surface area contributed by atoms with Gasteiger partial charge >= 0.3 is 6.09 Å². The molecule has 0 atom stereocenters. The predicted molar refractivity (Wildman–Crippen MR) is 113 cm³/mol. The van der Waals surface area contributed by atoms with Gasteiger partial charge < -0.3 is 24.8 Å². The van der Waals surface area contributed by atoms with Gasteiger partial charge in [-0.25, -0.2) is 9.79 Å². The molecule has 1 aromatic heterocycles. The topological polar surface area (TPSA) is 96.7 Å². The molecule has 3 heterocycles. The van der Waals surface area contributed by atoms with Gasteiger partial charge in [0.05, 0.1) is 6.04 Å². The van der Waals surface area contributed by atoms with Crippen LogP contribution in [0, 0.1) is 0 Å². The van der Waals surface area contributed by atoms with Crippen LogP contribution in [0.4, 0.5) is 4.79 Å². The van der Waals surface area contributed by atoms with E-state index in [9.17, 15) is 4.79 Å². The van der Waals surface area contributed by atoms with Crippen LogP contribution >= 0.6 is 24.0 Å². The minimum Gasteiger partial charge on any atom is -0.444 e. The summed E-state index contributed by atoms with van der Waals surface area (Å²) in [6, 6.07) is 0.171. The maximum Gasteiger partial charge on any atom is 0.410 e. The van der Waals surface area contributed by atoms with Crippen LogP contribution < -0.4 is 10.6 Å². The number of fused-ring (bicyclic) bond motifs is 1. The molecule has 1 fully saturated rings. The molecule has 0 radical (unpaired) electrons. The number of amides is 1. The number of carbonyl (C=O) groups is 1. The Balaban J connectivity index is 0.00000261. The summed E-state index contributed by atoms with van der Waals surface area (Å²) in [5, 5.41) is 15.1. The largest absolute Gasteiger partial charge is 0.444 e. The highest BCUT2D eigenvalue weighted by atomic mass is 127. The van der Waals surface area contributed by atoms with Crippen molar-refractivity contribution in [2.24, 2.45) is 4.99 Å². The molecule has 9 nitrogen and oxygen atoms in total.